The molecule has 0 aliphatic heterocycles. The first kappa shape index (κ1) is 14.9. The second kappa shape index (κ2) is 6.76. The Morgan fingerprint density at radius 1 is 1.24 bits per heavy atom. The standard InChI is InChI=1S/C16H18N2O3/c1-18-16(20)12-6-7-13(17)15(10-12)21-14-5-3-2-4-11(14)8-9-19/h2-7,10,19H,8-9,17H2,1H3,(H,18,20). The number of aliphatic hydroxyl groups excluding tert-OH is 1. The Balaban J connectivity index is 2.33. The summed E-state index contributed by atoms with van der Waals surface area (Å²) in [7, 11) is 1.57. The van der Waals surface area contributed by atoms with Gasteiger partial charge in [0.1, 0.15) is 5.75 Å². The molecule has 0 saturated heterocycles. The van der Waals surface area contributed by atoms with Gasteiger partial charge in [0.15, 0.2) is 5.75 Å². The maximum absolute atomic E-state index is 11.7. The van der Waals surface area contributed by atoms with Crippen LogP contribution in [0.5, 0.6) is 11.5 Å². The van der Waals surface area contributed by atoms with Gasteiger partial charge in [-0.1, -0.05) is 18.2 Å². The summed E-state index contributed by atoms with van der Waals surface area (Å²) >= 11 is 0. The number of ether oxygens (including phenoxy) is 1. The van der Waals surface area contributed by atoms with Crippen molar-refractivity contribution in [2.45, 2.75) is 6.42 Å². The SMILES string of the molecule is CNC(=O)c1ccc(N)c(Oc2ccccc2CCO)c1. The highest BCUT2D eigenvalue weighted by Gasteiger charge is 2.10. The summed E-state index contributed by atoms with van der Waals surface area (Å²) in [5, 5.41) is 11.6. The smallest absolute Gasteiger partial charge is 0.251 e. The van der Waals surface area contributed by atoms with Crippen LogP contribution in [-0.2, 0) is 6.42 Å². The normalized spacial score (nSPS) is 10.2. The molecule has 2 aromatic rings. The summed E-state index contributed by atoms with van der Waals surface area (Å²) in [6.07, 6.45) is 0.491. The van der Waals surface area contributed by atoms with Crippen LogP contribution in [-0.4, -0.2) is 24.7 Å². The molecule has 0 atom stereocenters. The number of amides is 1. The van der Waals surface area contributed by atoms with Gasteiger partial charge in [-0.05, 0) is 36.2 Å². The molecule has 0 aliphatic carbocycles. The van der Waals surface area contributed by atoms with Gasteiger partial charge in [0.2, 0.25) is 0 Å². The third-order valence-electron chi connectivity index (χ3n) is 3.08. The summed E-state index contributed by atoms with van der Waals surface area (Å²) in [6.45, 7) is 0.0358. The average Bonchev–Trinajstić information content (AvgIpc) is 2.51. The number of nitrogens with one attached hydrogen (secondary N) is 1. The van der Waals surface area contributed by atoms with Crippen LogP contribution in [0.4, 0.5) is 5.69 Å². The molecule has 2 aromatic carbocycles. The Kier molecular flexibility index (Phi) is 4.79. The molecule has 110 valence electrons. The number of carbonyl (C=O) groups excluding carboxylic acids is 1. The fraction of sp³-hybridized carbons (Fsp3) is 0.188. The van der Waals surface area contributed by atoms with E-state index in [0.717, 1.165) is 5.56 Å². The van der Waals surface area contributed by atoms with Crippen LogP contribution >= 0.6 is 0 Å². The van der Waals surface area contributed by atoms with Crippen molar-refractivity contribution in [1.82, 2.24) is 5.32 Å². The van der Waals surface area contributed by atoms with E-state index in [-0.39, 0.29) is 12.5 Å². The molecule has 0 aromatic heterocycles. The number of aliphatic hydroxyl groups is 1. The number of benzene rings is 2. The lowest BCUT2D eigenvalue weighted by molar-refractivity contribution is 0.0963. The maximum Gasteiger partial charge on any atom is 0.251 e. The van der Waals surface area contributed by atoms with E-state index in [4.69, 9.17) is 15.6 Å². The van der Waals surface area contributed by atoms with Gasteiger partial charge in [0, 0.05) is 19.2 Å². The fourth-order valence-electron chi connectivity index (χ4n) is 1.96. The van der Waals surface area contributed by atoms with Crippen LogP contribution in [0.3, 0.4) is 0 Å². The van der Waals surface area contributed by atoms with Gasteiger partial charge in [-0.3, -0.25) is 4.79 Å². The number of carbonyl (C=O) groups is 1. The van der Waals surface area contributed by atoms with Crippen LogP contribution in [0.15, 0.2) is 42.5 Å². The van der Waals surface area contributed by atoms with E-state index in [2.05, 4.69) is 5.32 Å². The molecule has 0 spiro atoms. The number of nitrogens with two attached hydrogens (primary N) is 1. The number of para-hydroxylation sites is 1. The largest absolute Gasteiger partial charge is 0.455 e. The Morgan fingerprint density at radius 2 is 2.00 bits per heavy atom. The van der Waals surface area contributed by atoms with Gasteiger partial charge in [0.25, 0.3) is 5.91 Å². The number of rotatable bonds is 5. The van der Waals surface area contributed by atoms with Crippen LogP contribution in [0.25, 0.3) is 0 Å². The third-order valence-corrected chi connectivity index (χ3v) is 3.08. The number of nitrogen functional groups attached to an aromatic ring is 1. The van der Waals surface area contributed by atoms with Crippen molar-refractivity contribution in [3.63, 3.8) is 0 Å². The van der Waals surface area contributed by atoms with E-state index in [1.807, 2.05) is 18.2 Å². The first-order chi connectivity index (χ1) is 10.2. The molecule has 0 saturated carbocycles. The van der Waals surface area contributed by atoms with Crippen molar-refractivity contribution >= 4 is 11.6 Å². The zero-order valence-corrected chi connectivity index (χ0v) is 11.8. The molecule has 0 heterocycles. The van der Waals surface area contributed by atoms with Gasteiger partial charge in [-0.15, -0.1) is 0 Å². The second-order valence-electron chi connectivity index (χ2n) is 4.52. The summed E-state index contributed by atoms with van der Waals surface area (Å²) in [6, 6.07) is 12.3. The van der Waals surface area contributed by atoms with E-state index >= 15 is 0 Å². The molecule has 2 rings (SSSR count). The lowest BCUT2D eigenvalue weighted by Crippen LogP contribution is -2.17. The molecule has 0 aliphatic rings. The Bertz CT molecular complexity index is 641. The minimum atomic E-state index is -0.205. The fourth-order valence-corrected chi connectivity index (χ4v) is 1.96. The molecule has 0 bridgehead atoms. The van der Waals surface area contributed by atoms with Crippen molar-refractivity contribution in [2.24, 2.45) is 0 Å². The molecule has 1 amide bonds. The molecule has 21 heavy (non-hydrogen) atoms. The van der Waals surface area contributed by atoms with Crippen molar-refractivity contribution in [1.29, 1.82) is 0 Å². The minimum absolute atomic E-state index is 0.0358. The van der Waals surface area contributed by atoms with Crippen LogP contribution in [0, 0.1) is 0 Å². The highest BCUT2D eigenvalue weighted by molar-refractivity contribution is 5.95. The number of hydrogen-bond acceptors (Lipinski definition) is 4. The Hall–Kier alpha value is -2.53. The molecular weight excluding hydrogens is 268 g/mol. The molecular formula is C16H18N2O3. The summed E-state index contributed by atoms with van der Waals surface area (Å²) in [5.41, 5.74) is 7.70. The highest BCUT2D eigenvalue weighted by atomic mass is 16.5. The van der Waals surface area contributed by atoms with Gasteiger partial charge in [0.05, 0.1) is 5.69 Å². The highest BCUT2D eigenvalue weighted by Crippen LogP contribution is 2.30. The molecule has 5 heteroatoms. The predicted octanol–water partition coefficient (Wildman–Crippen LogP) is 1.96. The third kappa shape index (κ3) is 3.52. The minimum Gasteiger partial charge on any atom is -0.455 e. The topological polar surface area (TPSA) is 84.6 Å². The quantitative estimate of drug-likeness (QED) is 0.733. The van der Waals surface area contributed by atoms with Crippen LogP contribution in [0.2, 0.25) is 0 Å². The number of hydrogen-bond donors (Lipinski definition) is 3. The lowest BCUT2D eigenvalue weighted by atomic mass is 10.1. The Morgan fingerprint density at radius 3 is 2.71 bits per heavy atom. The molecule has 0 unspecified atom stereocenters. The summed E-state index contributed by atoms with van der Waals surface area (Å²) < 4.78 is 5.81. The predicted molar refractivity (Wildman–Crippen MR) is 81.6 cm³/mol. The first-order valence-electron chi connectivity index (χ1n) is 6.64. The van der Waals surface area contributed by atoms with Crippen molar-refractivity contribution in [3.8, 4) is 11.5 Å². The van der Waals surface area contributed by atoms with E-state index in [0.29, 0.717) is 29.2 Å². The molecule has 0 fully saturated rings. The number of anilines is 1. The zero-order valence-electron chi connectivity index (χ0n) is 11.8. The summed E-state index contributed by atoms with van der Waals surface area (Å²) in [4.78, 5) is 11.7. The molecule has 4 N–H and O–H groups in total. The summed E-state index contributed by atoms with van der Waals surface area (Å²) in [5.74, 6) is 0.831. The van der Waals surface area contributed by atoms with Gasteiger partial charge in [-0.2, -0.15) is 0 Å². The van der Waals surface area contributed by atoms with Crippen molar-refractivity contribution in [2.75, 3.05) is 19.4 Å². The molecule has 5 nitrogen and oxygen atoms in total. The van der Waals surface area contributed by atoms with Crippen molar-refractivity contribution in [3.05, 3.63) is 53.6 Å². The van der Waals surface area contributed by atoms with Crippen molar-refractivity contribution < 1.29 is 14.6 Å². The second-order valence-corrected chi connectivity index (χ2v) is 4.52. The monoisotopic (exact) mass is 286 g/mol. The van der Waals surface area contributed by atoms with Gasteiger partial charge in [-0.25, -0.2) is 0 Å². The zero-order chi connectivity index (χ0) is 15.2. The lowest BCUT2D eigenvalue weighted by Gasteiger charge is -2.13. The van der Waals surface area contributed by atoms with E-state index in [1.165, 1.54) is 0 Å². The Labute approximate surface area is 123 Å². The average molecular weight is 286 g/mol. The van der Waals surface area contributed by atoms with Gasteiger partial charge < -0.3 is 20.9 Å². The van der Waals surface area contributed by atoms with Crippen LogP contribution < -0.4 is 15.8 Å². The van der Waals surface area contributed by atoms with Crippen LogP contribution in [0.1, 0.15) is 15.9 Å². The van der Waals surface area contributed by atoms with Gasteiger partial charge >= 0.3 is 0 Å². The van der Waals surface area contributed by atoms with E-state index < -0.39 is 0 Å². The van der Waals surface area contributed by atoms with E-state index in [1.54, 1.807) is 31.3 Å². The first-order valence-corrected chi connectivity index (χ1v) is 6.64. The van der Waals surface area contributed by atoms with E-state index in [9.17, 15) is 4.79 Å². The molecule has 0 radical (unpaired) electrons. The maximum atomic E-state index is 11.7.